The lowest BCUT2D eigenvalue weighted by Crippen LogP contribution is -2.65. The number of hydrogen-bond donors (Lipinski definition) is 0. The number of piperidine rings is 1. The number of nitrogens with zero attached hydrogens (tertiary/aromatic N) is 1. The molecule has 2 bridgehead atoms. The van der Waals surface area contributed by atoms with Crippen molar-refractivity contribution < 1.29 is 14.3 Å². The Morgan fingerprint density at radius 2 is 2.26 bits per heavy atom. The molecule has 2 aliphatic heterocycles. The molecule has 1 aromatic carbocycles. The van der Waals surface area contributed by atoms with Crippen LogP contribution in [-0.4, -0.2) is 44.0 Å². The predicted molar refractivity (Wildman–Crippen MR) is 86.1 cm³/mol. The van der Waals surface area contributed by atoms with Crippen molar-refractivity contribution in [1.82, 2.24) is 4.90 Å². The molecule has 1 aromatic rings. The van der Waals surface area contributed by atoms with Crippen LogP contribution in [0.25, 0.3) is 0 Å². The fourth-order valence-corrected chi connectivity index (χ4v) is 6.07. The summed E-state index contributed by atoms with van der Waals surface area (Å²) in [5, 5.41) is 0. The minimum Gasteiger partial charge on any atom is -0.493 e. The first-order valence-corrected chi connectivity index (χ1v) is 8.73. The van der Waals surface area contributed by atoms with Crippen molar-refractivity contribution in [2.75, 3.05) is 20.7 Å². The monoisotopic (exact) mass is 313 g/mol. The molecular weight excluding hydrogens is 290 g/mol. The fraction of sp³-hybridized carbons (Fsp3) is 0.632. The van der Waals surface area contributed by atoms with Gasteiger partial charge < -0.3 is 19.2 Å². The number of ether oxygens (including phenoxy) is 2. The van der Waals surface area contributed by atoms with Crippen LogP contribution in [0, 0.1) is 11.8 Å². The van der Waals surface area contributed by atoms with Crippen molar-refractivity contribution in [3.63, 3.8) is 0 Å². The minimum atomic E-state index is 0.000278. The topological polar surface area (TPSA) is 38.8 Å². The second kappa shape index (κ2) is 4.50. The lowest BCUT2D eigenvalue weighted by Gasteiger charge is -2.58. The maximum Gasteiger partial charge on any atom is 0.165 e. The predicted octanol–water partition coefficient (Wildman–Crippen LogP) is 2.18. The fourth-order valence-electron chi connectivity index (χ4n) is 6.07. The van der Waals surface area contributed by atoms with Gasteiger partial charge in [-0.1, -0.05) is 6.07 Å². The minimum absolute atomic E-state index is 0.000278. The number of hydrogen-bond acceptors (Lipinski definition) is 4. The van der Waals surface area contributed by atoms with Gasteiger partial charge in [-0.05, 0) is 56.8 Å². The van der Waals surface area contributed by atoms with Gasteiger partial charge in [-0.25, -0.2) is 0 Å². The smallest absolute Gasteiger partial charge is 0.165 e. The second-order valence-corrected chi connectivity index (χ2v) is 7.70. The number of aldehydes is 1. The second-order valence-electron chi connectivity index (χ2n) is 7.70. The zero-order chi connectivity index (χ0) is 15.8. The summed E-state index contributed by atoms with van der Waals surface area (Å²) >= 11 is 0. The summed E-state index contributed by atoms with van der Waals surface area (Å²) in [6.45, 7) is 1.09. The summed E-state index contributed by atoms with van der Waals surface area (Å²) in [7, 11) is 3.96. The molecule has 5 atom stereocenters. The number of likely N-dealkylation sites (tertiary alicyclic amines) is 1. The summed E-state index contributed by atoms with van der Waals surface area (Å²) in [6.07, 6.45) is 5.41. The van der Waals surface area contributed by atoms with E-state index < -0.39 is 0 Å². The maximum absolute atomic E-state index is 11.7. The molecule has 1 saturated heterocycles. The third-order valence-electron chi connectivity index (χ3n) is 7.02. The van der Waals surface area contributed by atoms with Gasteiger partial charge in [0.25, 0.3) is 0 Å². The Kier molecular flexibility index (Phi) is 2.71. The quantitative estimate of drug-likeness (QED) is 0.785. The lowest BCUT2D eigenvalue weighted by atomic mass is 9.50. The Labute approximate surface area is 136 Å². The summed E-state index contributed by atoms with van der Waals surface area (Å²) < 4.78 is 12.0. The Balaban J connectivity index is 1.79. The molecule has 1 spiro atoms. The molecule has 1 saturated carbocycles. The van der Waals surface area contributed by atoms with Crippen LogP contribution in [0.1, 0.15) is 30.4 Å². The van der Waals surface area contributed by atoms with Crippen molar-refractivity contribution in [2.45, 2.75) is 43.2 Å². The highest BCUT2D eigenvalue weighted by atomic mass is 16.5. The van der Waals surface area contributed by atoms with Crippen LogP contribution in [0.2, 0.25) is 0 Å². The highest BCUT2D eigenvalue weighted by molar-refractivity contribution is 5.65. The maximum atomic E-state index is 11.7. The molecular formula is C19H23NO3. The molecule has 0 radical (unpaired) electrons. The summed E-state index contributed by atoms with van der Waals surface area (Å²) in [6, 6.07) is 4.83. The van der Waals surface area contributed by atoms with Crippen LogP contribution >= 0.6 is 0 Å². The molecule has 4 heteroatoms. The first kappa shape index (κ1) is 13.8. The van der Waals surface area contributed by atoms with E-state index >= 15 is 0 Å². The Morgan fingerprint density at radius 1 is 1.39 bits per heavy atom. The molecule has 4 nitrogen and oxygen atoms in total. The van der Waals surface area contributed by atoms with E-state index in [4.69, 9.17) is 9.47 Å². The van der Waals surface area contributed by atoms with Crippen LogP contribution < -0.4 is 9.47 Å². The molecule has 0 amide bonds. The molecule has 4 aliphatic rings. The molecule has 5 rings (SSSR count). The number of carbonyl (C=O) groups excluding carboxylic acids is 1. The zero-order valence-corrected chi connectivity index (χ0v) is 13.7. The van der Waals surface area contributed by atoms with Gasteiger partial charge in [0, 0.05) is 17.0 Å². The number of carbonyl (C=O) groups is 1. The molecule has 1 unspecified atom stereocenters. The Bertz CT molecular complexity index is 687. The van der Waals surface area contributed by atoms with Gasteiger partial charge in [0.2, 0.25) is 0 Å². The van der Waals surface area contributed by atoms with E-state index in [0.29, 0.717) is 12.0 Å². The highest BCUT2D eigenvalue weighted by Crippen LogP contribution is 2.64. The van der Waals surface area contributed by atoms with E-state index in [9.17, 15) is 4.79 Å². The van der Waals surface area contributed by atoms with E-state index in [2.05, 4.69) is 18.0 Å². The van der Waals surface area contributed by atoms with Gasteiger partial charge in [0.1, 0.15) is 12.4 Å². The van der Waals surface area contributed by atoms with Crippen LogP contribution in [0.4, 0.5) is 0 Å². The van der Waals surface area contributed by atoms with Crippen LogP contribution in [0.5, 0.6) is 11.5 Å². The van der Waals surface area contributed by atoms with Gasteiger partial charge in [-0.3, -0.25) is 0 Å². The van der Waals surface area contributed by atoms with E-state index in [-0.39, 0.29) is 17.4 Å². The van der Waals surface area contributed by atoms with Crippen molar-refractivity contribution in [2.24, 2.45) is 11.8 Å². The number of methoxy groups -OCH3 is 1. The Hall–Kier alpha value is -1.55. The number of benzene rings is 1. The van der Waals surface area contributed by atoms with E-state index in [0.717, 1.165) is 50.0 Å². The number of rotatable bonds is 2. The highest BCUT2D eigenvalue weighted by Gasteiger charge is 2.65. The number of likely N-dealkylation sites (N-methyl/N-ethyl adjacent to an activating group) is 1. The summed E-state index contributed by atoms with van der Waals surface area (Å²) in [5.41, 5.74) is 2.81. The first-order valence-electron chi connectivity index (χ1n) is 8.73. The van der Waals surface area contributed by atoms with Gasteiger partial charge in [-0.2, -0.15) is 0 Å². The summed E-state index contributed by atoms with van der Waals surface area (Å²) in [5.74, 6) is 2.37. The van der Waals surface area contributed by atoms with Crippen molar-refractivity contribution >= 4 is 6.29 Å². The van der Waals surface area contributed by atoms with Gasteiger partial charge in [-0.15, -0.1) is 0 Å². The van der Waals surface area contributed by atoms with Crippen molar-refractivity contribution in [1.29, 1.82) is 0 Å². The van der Waals surface area contributed by atoms with E-state index in [1.54, 1.807) is 7.11 Å². The molecule has 0 N–H and O–H groups in total. The normalized spacial score (nSPS) is 40.3. The molecule has 122 valence electrons. The van der Waals surface area contributed by atoms with Crippen LogP contribution in [-0.2, 0) is 16.6 Å². The van der Waals surface area contributed by atoms with Gasteiger partial charge in [0.15, 0.2) is 11.5 Å². The largest absolute Gasteiger partial charge is 0.493 e. The third-order valence-corrected chi connectivity index (χ3v) is 7.02. The van der Waals surface area contributed by atoms with Crippen LogP contribution in [0.15, 0.2) is 12.1 Å². The van der Waals surface area contributed by atoms with Gasteiger partial charge in [0.05, 0.1) is 13.0 Å². The summed E-state index contributed by atoms with van der Waals surface area (Å²) in [4.78, 5) is 14.2. The first-order chi connectivity index (χ1) is 11.2. The third kappa shape index (κ3) is 1.49. The zero-order valence-electron chi connectivity index (χ0n) is 13.7. The van der Waals surface area contributed by atoms with E-state index in [1.165, 1.54) is 11.1 Å². The Morgan fingerprint density at radius 3 is 3.04 bits per heavy atom. The molecule has 2 heterocycles. The average Bonchev–Trinajstić information content (AvgIpc) is 2.92. The van der Waals surface area contributed by atoms with Crippen LogP contribution in [0.3, 0.4) is 0 Å². The standard InChI is InChI=1S/C19H23NO3/c1-20-8-7-19-13-5-3-12(10-21)18(19)23-17-15(22-2)6-4-11(16(17)19)9-14(13)20/h4,6,10,12-14,18H,3,5,7-9H2,1-2H3/t12?,13-,14+,18-,19-/m0/s1. The molecule has 2 fully saturated rings. The van der Waals surface area contributed by atoms with Crippen molar-refractivity contribution in [3.05, 3.63) is 23.3 Å². The van der Waals surface area contributed by atoms with Crippen molar-refractivity contribution in [3.8, 4) is 11.5 Å². The molecule has 0 aromatic heterocycles. The molecule has 23 heavy (non-hydrogen) atoms. The SMILES string of the molecule is COc1ccc2c3c1O[C@H]1C(C=O)CC[C@H]4[C@@H](C2)N(C)CC[C@]314. The average molecular weight is 313 g/mol. The molecule has 2 aliphatic carbocycles. The van der Waals surface area contributed by atoms with Gasteiger partial charge >= 0.3 is 0 Å². The van der Waals surface area contributed by atoms with E-state index in [1.807, 2.05) is 6.07 Å². The lowest BCUT2D eigenvalue weighted by molar-refractivity contribution is -0.122.